The second-order valence-corrected chi connectivity index (χ2v) is 7.73. The molecule has 0 spiro atoms. The van der Waals surface area contributed by atoms with Crippen LogP contribution in [0.5, 0.6) is 0 Å². The van der Waals surface area contributed by atoms with Crippen LogP contribution in [0.25, 0.3) is 10.9 Å². The van der Waals surface area contributed by atoms with Crippen molar-refractivity contribution in [2.24, 2.45) is 11.7 Å². The molecule has 5 nitrogen and oxygen atoms in total. The van der Waals surface area contributed by atoms with E-state index in [1.807, 2.05) is 18.2 Å². The summed E-state index contributed by atoms with van der Waals surface area (Å²) in [7, 11) is -3.59. The molecular weight excluding hydrogens is 298 g/mol. The van der Waals surface area contributed by atoms with Gasteiger partial charge in [-0.15, -0.1) is 0 Å². The quantitative estimate of drug-likeness (QED) is 0.938. The lowest BCUT2D eigenvalue weighted by atomic mass is 9.93. The number of aromatic nitrogens is 1. The van der Waals surface area contributed by atoms with E-state index in [0.717, 1.165) is 18.2 Å². The fourth-order valence-electron chi connectivity index (χ4n) is 3.27. The summed E-state index contributed by atoms with van der Waals surface area (Å²) in [6.07, 6.45) is 3.51. The van der Waals surface area contributed by atoms with Gasteiger partial charge in [0, 0.05) is 30.7 Å². The summed E-state index contributed by atoms with van der Waals surface area (Å²) < 4.78 is 27.9. The van der Waals surface area contributed by atoms with Crippen LogP contribution in [-0.4, -0.2) is 36.8 Å². The molecule has 1 fully saturated rings. The largest absolute Gasteiger partial charge is 0.329 e. The Bertz CT molecular complexity index is 771. The van der Waals surface area contributed by atoms with Gasteiger partial charge >= 0.3 is 0 Å². The van der Waals surface area contributed by atoms with Crippen LogP contribution in [0.1, 0.15) is 19.8 Å². The number of hydrogen-bond donors (Lipinski definition) is 1. The number of benzene rings is 1. The zero-order valence-corrected chi connectivity index (χ0v) is 13.5. The summed E-state index contributed by atoms with van der Waals surface area (Å²) in [4.78, 5) is 4.55. The van der Waals surface area contributed by atoms with E-state index in [2.05, 4.69) is 11.9 Å². The van der Waals surface area contributed by atoms with Gasteiger partial charge in [-0.3, -0.25) is 4.98 Å². The molecule has 118 valence electrons. The van der Waals surface area contributed by atoms with Crippen LogP contribution in [0.15, 0.2) is 41.4 Å². The molecule has 0 amide bonds. The van der Waals surface area contributed by atoms with Crippen LogP contribution in [0.3, 0.4) is 0 Å². The van der Waals surface area contributed by atoms with E-state index in [-0.39, 0.29) is 16.9 Å². The van der Waals surface area contributed by atoms with Gasteiger partial charge in [-0.1, -0.05) is 25.1 Å². The van der Waals surface area contributed by atoms with E-state index in [1.54, 1.807) is 22.6 Å². The molecule has 2 N–H and O–H groups in total. The third-order valence-electron chi connectivity index (χ3n) is 4.49. The third kappa shape index (κ3) is 2.51. The molecule has 2 heterocycles. The van der Waals surface area contributed by atoms with Crippen molar-refractivity contribution in [2.45, 2.75) is 30.7 Å². The van der Waals surface area contributed by atoms with Crippen LogP contribution in [0, 0.1) is 5.92 Å². The second-order valence-electron chi connectivity index (χ2n) is 5.87. The van der Waals surface area contributed by atoms with Crippen molar-refractivity contribution in [3.8, 4) is 0 Å². The molecule has 2 aromatic rings. The molecular formula is C16H21N3O2S. The Kier molecular flexibility index (Phi) is 4.16. The average molecular weight is 319 g/mol. The van der Waals surface area contributed by atoms with Crippen LogP contribution >= 0.6 is 0 Å². The predicted molar refractivity (Wildman–Crippen MR) is 86.9 cm³/mol. The number of nitrogens with two attached hydrogens (primary N) is 1. The fourth-order valence-corrected chi connectivity index (χ4v) is 5.21. The molecule has 22 heavy (non-hydrogen) atoms. The molecule has 0 saturated carbocycles. The number of piperidine rings is 1. The minimum absolute atomic E-state index is 0.141. The molecule has 0 bridgehead atoms. The molecule has 2 atom stereocenters. The van der Waals surface area contributed by atoms with Crippen molar-refractivity contribution >= 4 is 20.9 Å². The minimum Gasteiger partial charge on any atom is -0.329 e. The predicted octanol–water partition coefficient (Wildman–Crippen LogP) is 1.98. The van der Waals surface area contributed by atoms with Gasteiger partial charge in [-0.05, 0) is 30.9 Å². The Morgan fingerprint density at radius 2 is 2.09 bits per heavy atom. The van der Waals surface area contributed by atoms with Crippen molar-refractivity contribution in [3.05, 3.63) is 36.5 Å². The summed E-state index contributed by atoms with van der Waals surface area (Å²) in [6, 6.07) is 8.82. The zero-order valence-electron chi connectivity index (χ0n) is 12.6. The molecule has 0 unspecified atom stereocenters. The molecule has 1 aliphatic rings. The van der Waals surface area contributed by atoms with Gasteiger partial charge in [0.1, 0.15) is 4.90 Å². The Hall–Kier alpha value is -1.50. The number of nitrogens with zero attached hydrogens (tertiary/aromatic N) is 2. The van der Waals surface area contributed by atoms with Crippen LogP contribution < -0.4 is 5.73 Å². The van der Waals surface area contributed by atoms with E-state index in [1.165, 1.54) is 0 Å². The van der Waals surface area contributed by atoms with Gasteiger partial charge in [-0.25, -0.2) is 8.42 Å². The van der Waals surface area contributed by atoms with Crippen LogP contribution in [-0.2, 0) is 10.0 Å². The molecule has 3 rings (SSSR count). The van der Waals surface area contributed by atoms with Gasteiger partial charge < -0.3 is 5.73 Å². The van der Waals surface area contributed by atoms with Crippen molar-refractivity contribution in [1.82, 2.24) is 9.29 Å². The van der Waals surface area contributed by atoms with E-state index in [9.17, 15) is 8.42 Å². The average Bonchev–Trinajstić information content (AvgIpc) is 2.54. The topological polar surface area (TPSA) is 76.3 Å². The van der Waals surface area contributed by atoms with E-state index in [0.29, 0.717) is 18.6 Å². The molecule has 1 aliphatic heterocycles. The number of para-hydroxylation sites is 1. The van der Waals surface area contributed by atoms with Gasteiger partial charge in [-0.2, -0.15) is 4.31 Å². The van der Waals surface area contributed by atoms with Gasteiger partial charge in [0.2, 0.25) is 10.0 Å². The highest BCUT2D eigenvalue weighted by atomic mass is 32.2. The van der Waals surface area contributed by atoms with E-state index in [4.69, 9.17) is 5.73 Å². The first kappa shape index (κ1) is 15.4. The number of hydrogen-bond acceptors (Lipinski definition) is 4. The lowest BCUT2D eigenvalue weighted by Crippen LogP contribution is -2.51. The highest BCUT2D eigenvalue weighted by molar-refractivity contribution is 7.89. The third-order valence-corrected chi connectivity index (χ3v) is 6.44. The Labute approximate surface area is 131 Å². The van der Waals surface area contributed by atoms with E-state index >= 15 is 0 Å². The summed E-state index contributed by atoms with van der Waals surface area (Å²) in [5.74, 6) is 0.275. The lowest BCUT2D eigenvalue weighted by Gasteiger charge is -2.38. The highest BCUT2D eigenvalue weighted by Gasteiger charge is 2.37. The monoisotopic (exact) mass is 319 g/mol. The number of fused-ring (bicyclic) bond motifs is 1. The van der Waals surface area contributed by atoms with Crippen molar-refractivity contribution in [2.75, 3.05) is 13.1 Å². The molecule has 0 aliphatic carbocycles. The fraction of sp³-hybridized carbons (Fsp3) is 0.438. The van der Waals surface area contributed by atoms with Crippen LogP contribution in [0.4, 0.5) is 0 Å². The maximum Gasteiger partial charge on any atom is 0.245 e. The van der Waals surface area contributed by atoms with Gasteiger partial charge in [0.05, 0.1) is 5.52 Å². The molecule has 1 aromatic heterocycles. The number of rotatable bonds is 3. The first-order chi connectivity index (χ1) is 10.6. The summed E-state index contributed by atoms with van der Waals surface area (Å²) in [6.45, 7) is 2.94. The maximum absolute atomic E-state index is 13.1. The summed E-state index contributed by atoms with van der Waals surface area (Å²) >= 11 is 0. The standard InChI is InChI=1S/C16H21N3O2S/c1-12-5-4-10-19(14(12)11-17)22(20,21)15-8-2-6-13-7-3-9-18-16(13)15/h2-3,6-9,12,14H,4-5,10-11,17H2,1H3/t12-,14+/m0/s1. The smallest absolute Gasteiger partial charge is 0.245 e. The summed E-state index contributed by atoms with van der Waals surface area (Å²) in [5.41, 5.74) is 6.38. The van der Waals surface area contributed by atoms with Gasteiger partial charge in [0.25, 0.3) is 0 Å². The Balaban J connectivity index is 2.12. The van der Waals surface area contributed by atoms with Crippen molar-refractivity contribution in [1.29, 1.82) is 0 Å². The normalized spacial score (nSPS) is 23.7. The number of sulfonamides is 1. The Morgan fingerprint density at radius 3 is 2.86 bits per heavy atom. The first-order valence-corrected chi connectivity index (χ1v) is 9.05. The molecule has 0 radical (unpaired) electrons. The van der Waals surface area contributed by atoms with Crippen molar-refractivity contribution in [3.63, 3.8) is 0 Å². The minimum atomic E-state index is -3.59. The summed E-state index contributed by atoms with van der Waals surface area (Å²) in [5, 5.41) is 0.831. The maximum atomic E-state index is 13.1. The Morgan fingerprint density at radius 1 is 1.32 bits per heavy atom. The first-order valence-electron chi connectivity index (χ1n) is 7.61. The van der Waals surface area contributed by atoms with E-state index < -0.39 is 10.0 Å². The highest BCUT2D eigenvalue weighted by Crippen LogP contribution is 2.31. The molecule has 1 aromatic carbocycles. The second kappa shape index (κ2) is 5.95. The van der Waals surface area contributed by atoms with Crippen LogP contribution in [0.2, 0.25) is 0 Å². The lowest BCUT2D eigenvalue weighted by molar-refractivity contribution is 0.192. The SMILES string of the molecule is C[C@H]1CCCN(S(=O)(=O)c2cccc3cccnc23)[C@@H]1CN. The van der Waals surface area contributed by atoms with Crippen molar-refractivity contribution < 1.29 is 8.42 Å². The number of pyridine rings is 1. The zero-order chi connectivity index (χ0) is 15.7. The van der Waals surface area contributed by atoms with Gasteiger partial charge in [0.15, 0.2) is 0 Å². The molecule has 1 saturated heterocycles. The molecule has 6 heteroatoms.